The van der Waals surface area contributed by atoms with Gasteiger partial charge in [-0.1, -0.05) is 12.1 Å². The molecule has 0 aliphatic heterocycles. The molecule has 6 nitrogen and oxygen atoms in total. The van der Waals surface area contributed by atoms with Crippen LogP contribution >= 0.6 is 0 Å². The predicted molar refractivity (Wildman–Crippen MR) is 58.1 cm³/mol. The maximum Gasteiger partial charge on any atom is 0.377 e. The molecule has 0 saturated carbocycles. The second-order valence-corrected chi connectivity index (χ2v) is 3.22. The van der Waals surface area contributed by atoms with Gasteiger partial charge >= 0.3 is 5.97 Å². The van der Waals surface area contributed by atoms with E-state index in [1.54, 1.807) is 24.3 Å². The lowest BCUT2D eigenvalue weighted by atomic mass is 10.2. The Balaban J connectivity index is 2.36. The van der Waals surface area contributed by atoms with Gasteiger partial charge in [-0.25, -0.2) is 14.5 Å². The van der Waals surface area contributed by atoms with Crippen LogP contribution in [0, 0.1) is 0 Å². The van der Waals surface area contributed by atoms with Crippen LogP contribution in [-0.2, 0) is 4.74 Å². The van der Waals surface area contributed by atoms with Crippen LogP contribution in [0.1, 0.15) is 21.0 Å². The number of aromatic nitrogens is 3. The number of esters is 1. The van der Waals surface area contributed by atoms with Gasteiger partial charge in [-0.3, -0.25) is 4.79 Å². The third-order valence-corrected chi connectivity index (χ3v) is 2.13. The van der Waals surface area contributed by atoms with Crippen LogP contribution in [0.5, 0.6) is 0 Å². The van der Waals surface area contributed by atoms with Crippen molar-refractivity contribution in [3.05, 3.63) is 42.0 Å². The summed E-state index contributed by atoms with van der Waals surface area (Å²) < 4.78 is 5.90. The van der Waals surface area contributed by atoms with Crippen molar-refractivity contribution in [3.8, 4) is 5.69 Å². The van der Waals surface area contributed by atoms with Crippen molar-refractivity contribution >= 4 is 12.3 Å². The lowest BCUT2D eigenvalue weighted by molar-refractivity contribution is 0.0587. The van der Waals surface area contributed by atoms with E-state index in [1.807, 2.05) is 0 Å². The molecule has 0 N–H and O–H groups in total. The van der Waals surface area contributed by atoms with E-state index in [1.165, 1.54) is 18.1 Å². The number of hydrogen-bond acceptors (Lipinski definition) is 5. The zero-order valence-corrected chi connectivity index (χ0v) is 9.03. The molecule has 0 radical (unpaired) electrons. The van der Waals surface area contributed by atoms with Gasteiger partial charge in [-0.2, -0.15) is 0 Å². The standard InChI is InChI=1S/C11H9N3O3/c1-17-11(16)10-12-7-14(13-10)9-4-2-3-8(5-9)6-15/h2-7H,1H3. The molecule has 0 saturated heterocycles. The highest BCUT2D eigenvalue weighted by molar-refractivity contribution is 5.84. The van der Waals surface area contributed by atoms with Crippen LogP contribution in [0.4, 0.5) is 0 Å². The smallest absolute Gasteiger partial charge is 0.377 e. The van der Waals surface area contributed by atoms with Crippen LogP contribution in [0.2, 0.25) is 0 Å². The molecule has 0 amide bonds. The summed E-state index contributed by atoms with van der Waals surface area (Å²) in [5, 5.41) is 3.94. The van der Waals surface area contributed by atoms with Crippen molar-refractivity contribution in [1.29, 1.82) is 0 Å². The topological polar surface area (TPSA) is 74.1 Å². The minimum absolute atomic E-state index is 0.0241. The van der Waals surface area contributed by atoms with Gasteiger partial charge in [0.25, 0.3) is 5.82 Å². The first-order chi connectivity index (χ1) is 8.24. The van der Waals surface area contributed by atoms with Crippen molar-refractivity contribution < 1.29 is 14.3 Å². The van der Waals surface area contributed by atoms with Gasteiger partial charge in [0.05, 0.1) is 12.8 Å². The van der Waals surface area contributed by atoms with Crippen LogP contribution in [0.25, 0.3) is 5.69 Å². The average Bonchev–Trinajstić information content (AvgIpc) is 2.87. The molecule has 0 fully saturated rings. The second kappa shape index (κ2) is 4.56. The van der Waals surface area contributed by atoms with Crippen LogP contribution in [-0.4, -0.2) is 34.1 Å². The van der Waals surface area contributed by atoms with Gasteiger partial charge < -0.3 is 4.74 Å². The first-order valence-electron chi connectivity index (χ1n) is 4.80. The summed E-state index contributed by atoms with van der Waals surface area (Å²) >= 11 is 0. The molecule has 1 aromatic carbocycles. The normalized spacial score (nSPS) is 9.94. The zero-order valence-electron chi connectivity index (χ0n) is 9.03. The molecule has 2 aromatic rings. The highest BCUT2D eigenvalue weighted by Gasteiger charge is 2.11. The SMILES string of the molecule is COC(=O)c1ncn(-c2cccc(C=O)c2)n1. The molecule has 0 unspecified atom stereocenters. The largest absolute Gasteiger partial charge is 0.463 e. The first-order valence-corrected chi connectivity index (χ1v) is 4.80. The van der Waals surface area contributed by atoms with Crippen LogP contribution < -0.4 is 0 Å². The van der Waals surface area contributed by atoms with Gasteiger partial charge in [-0.15, -0.1) is 5.10 Å². The van der Waals surface area contributed by atoms with Crippen LogP contribution in [0.15, 0.2) is 30.6 Å². The number of methoxy groups -OCH3 is 1. The average molecular weight is 231 g/mol. The fourth-order valence-electron chi connectivity index (χ4n) is 1.31. The third kappa shape index (κ3) is 2.20. The maximum absolute atomic E-state index is 11.2. The summed E-state index contributed by atoms with van der Waals surface area (Å²) in [5.41, 5.74) is 1.18. The lowest BCUT2D eigenvalue weighted by Gasteiger charge is -1.99. The molecule has 0 atom stereocenters. The minimum Gasteiger partial charge on any atom is -0.463 e. The van der Waals surface area contributed by atoms with Gasteiger partial charge in [0, 0.05) is 5.56 Å². The van der Waals surface area contributed by atoms with E-state index in [0.29, 0.717) is 11.3 Å². The second-order valence-electron chi connectivity index (χ2n) is 3.22. The summed E-state index contributed by atoms with van der Waals surface area (Å²) in [6.07, 6.45) is 2.12. The molecule has 2 rings (SSSR count). The molecule has 0 aliphatic carbocycles. The molecule has 86 valence electrons. The van der Waals surface area contributed by atoms with Crippen LogP contribution in [0.3, 0.4) is 0 Å². The van der Waals surface area contributed by atoms with E-state index in [-0.39, 0.29) is 5.82 Å². The minimum atomic E-state index is -0.602. The molecule has 0 aliphatic rings. The predicted octanol–water partition coefficient (Wildman–Crippen LogP) is 0.866. The number of rotatable bonds is 3. The van der Waals surface area contributed by atoms with E-state index >= 15 is 0 Å². The summed E-state index contributed by atoms with van der Waals surface area (Å²) in [4.78, 5) is 25.6. The lowest BCUT2D eigenvalue weighted by Crippen LogP contribution is -2.05. The number of benzene rings is 1. The quantitative estimate of drug-likeness (QED) is 0.578. The van der Waals surface area contributed by atoms with E-state index in [9.17, 15) is 9.59 Å². The summed E-state index contributed by atoms with van der Waals surface area (Å²) in [5.74, 6) is -0.626. The Morgan fingerprint density at radius 1 is 1.47 bits per heavy atom. The Morgan fingerprint density at radius 2 is 2.29 bits per heavy atom. The van der Waals surface area contributed by atoms with E-state index in [2.05, 4.69) is 14.8 Å². The monoisotopic (exact) mass is 231 g/mol. The fourth-order valence-corrected chi connectivity index (χ4v) is 1.31. The Labute approximate surface area is 96.8 Å². The Kier molecular flexibility index (Phi) is 2.95. The van der Waals surface area contributed by atoms with Gasteiger partial charge in [-0.05, 0) is 12.1 Å². The number of carbonyl (C=O) groups excluding carboxylic acids is 2. The number of carbonyl (C=O) groups is 2. The molecule has 1 aromatic heterocycles. The molecule has 0 spiro atoms. The zero-order chi connectivity index (χ0) is 12.3. The highest BCUT2D eigenvalue weighted by atomic mass is 16.5. The summed E-state index contributed by atoms with van der Waals surface area (Å²) in [7, 11) is 1.26. The number of hydrogen-bond donors (Lipinski definition) is 0. The summed E-state index contributed by atoms with van der Waals surface area (Å²) in [6.45, 7) is 0. The highest BCUT2D eigenvalue weighted by Crippen LogP contribution is 2.08. The van der Waals surface area contributed by atoms with Crippen molar-refractivity contribution in [2.75, 3.05) is 7.11 Å². The molecule has 0 bridgehead atoms. The maximum atomic E-state index is 11.2. The number of ether oxygens (including phenoxy) is 1. The Bertz CT molecular complexity index is 563. The molecular weight excluding hydrogens is 222 g/mol. The van der Waals surface area contributed by atoms with Crippen molar-refractivity contribution in [2.45, 2.75) is 0 Å². The Morgan fingerprint density at radius 3 is 3.00 bits per heavy atom. The number of aldehydes is 1. The van der Waals surface area contributed by atoms with Gasteiger partial charge in [0.2, 0.25) is 0 Å². The van der Waals surface area contributed by atoms with E-state index < -0.39 is 5.97 Å². The van der Waals surface area contributed by atoms with Gasteiger partial charge in [0.15, 0.2) is 0 Å². The molecule has 6 heteroatoms. The first kappa shape index (κ1) is 11.0. The van der Waals surface area contributed by atoms with Crippen molar-refractivity contribution in [3.63, 3.8) is 0 Å². The number of nitrogens with zero attached hydrogens (tertiary/aromatic N) is 3. The van der Waals surface area contributed by atoms with E-state index in [4.69, 9.17) is 0 Å². The van der Waals surface area contributed by atoms with Crippen molar-refractivity contribution in [2.24, 2.45) is 0 Å². The van der Waals surface area contributed by atoms with Gasteiger partial charge in [0.1, 0.15) is 12.6 Å². The third-order valence-electron chi connectivity index (χ3n) is 2.13. The molecule has 17 heavy (non-hydrogen) atoms. The molecular formula is C11H9N3O3. The summed E-state index contributed by atoms with van der Waals surface area (Å²) in [6, 6.07) is 6.79. The fraction of sp³-hybridized carbons (Fsp3) is 0.0909. The molecule has 1 heterocycles. The van der Waals surface area contributed by atoms with Crippen molar-refractivity contribution in [1.82, 2.24) is 14.8 Å². The van der Waals surface area contributed by atoms with E-state index in [0.717, 1.165) is 6.29 Å². The Hall–Kier alpha value is -2.50.